The largest absolute Gasteiger partial charge is 0.573 e. The average Bonchev–Trinajstić information content (AvgIpc) is 3.64. The zero-order valence-corrected chi connectivity index (χ0v) is 18.0. The molecule has 1 fully saturated rings. The molecule has 180 valence electrons. The Morgan fingerprint density at radius 3 is 2.59 bits per heavy atom. The summed E-state index contributed by atoms with van der Waals surface area (Å²) < 4.78 is 60.3. The van der Waals surface area contributed by atoms with Gasteiger partial charge < -0.3 is 19.6 Å². The second-order valence-electron chi connectivity index (χ2n) is 7.83. The van der Waals surface area contributed by atoms with E-state index in [-0.39, 0.29) is 11.6 Å². The van der Waals surface area contributed by atoms with Crippen LogP contribution in [0.15, 0.2) is 59.4 Å². The van der Waals surface area contributed by atoms with E-state index < -0.39 is 29.9 Å². The number of halogens is 4. The third-order valence-electron chi connectivity index (χ3n) is 5.29. The van der Waals surface area contributed by atoms with Crippen LogP contribution in [0.4, 0.5) is 17.6 Å². The minimum Gasteiger partial charge on any atom is -0.497 e. The van der Waals surface area contributed by atoms with Crippen LogP contribution in [0.1, 0.15) is 30.0 Å². The van der Waals surface area contributed by atoms with Gasteiger partial charge in [-0.2, -0.15) is 0 Å². The number of nitrogens with one attached hydrogen (secondary N) is 2. The summed E-state index contributed by atoms with van der Waals surface area (Å²) in [5.74, 6) is -1.51. The Bertz CT molecular complexity index is 1110. The van der Waals surface area contributed by atoms with Gasteiger partial charge >= 0.3 is 6.36 Å². The first-order chi connectivity index (χ1) is 16.2. The van der Waals surface area contributed by atoms with Gasteiger partial charge in [0.2, 0.25) is 0 Å². The number of benzene rings is 2. The van der Waals surface area contributed by atoms with Crippen LogP contribution >= 0.6 is 0 Å². The molecule has 2 aliphatic rings. The van der Waals surface area contributed by atoms with E-state index >= 15 is 0 Å². The first kappa shape index (κ1) is 23.4. The molecule has 1 amide bonds. The summed E-state index contributed by atoms with van der Waals surface area (Å²) >= 11 is 0. The zero-order chi connectivity index (χ0) is 24.3. The lowest BCUT2D eigenvalue weighted by Gasteiger charge is -2.21. The number of hydroxylamine groups is 1. The standard InChI is InChI=1S/C23H21F4N3O4/c1-32-16-7-2-13(3-8-16)10-20-28-18(12-33-30-20)22(31)29-21(14-4-5-14)15-6-9-19(17(24)11-15)34-23(25,26)27/h2-3,6-9,11-12,14,21H,4-5,10H2,1H3,(H,28,30)(H,29,31)/t21-/m1/s1. The molecule has 1 heterocycles. The molecule has 34 heavy (non-hydrogen) atoms. The Balaban J connectivity index is 1.45. The summed E-state index contributed by atoms with van der Waals surface area (Å²) in [6, 6.07) is 9.85. The maximum absolute atomic E-state index is 14.2. The van der Waals surface area contributed by atoms with E-state index in [0.29, 0.717) is 23.6 Å². The average molecular weight is 479 g/mol. The van der Waals surface area contributed by atoms with Crippen LogP contribution in [-0.2, 0) is 16.1 Å². The molecule has 1 aliphatic carbocycles. The van der Waals surface area contributed by atoms with Crippen LogP contribution in [0.25, 0.3) is 0 Å². The summed E-state index contributed by atoms with van der Waals surface area (Å²) in [5, 5.41) is 2.79. The van der Waals surface area contributed by atoms with Crippen molar-refractivity contribution in [3.8, 4) is 11.5 Å². The predicted octanol–water partition coefficient (Wildman–Crippen LogP) is 4.32. The summed E-state index contributed by atoms with van der Waals surface area (Å²) in [6.07, 6.45) is -1.91. The number of carbonyl (C=O) groups excluding carboxylic acids is 1. The molecule has 4 rings (SSSR count). The van der Waals surface area contributed by atoms with Gasteiger partial charge in [-0.05, 0) is 54.2 Å². The van der Waals surface area contributed by atoms with E-state index in [1.165, 1.54) is 6.07 Å². The molecule has 1 atom stereocenters. The van der Waals surface area contributed by atoms with Crippen molar-refractivity contribution in [1.29, 1.82) is 0 Å². The summed E-state index contributed by atoms with van der Waals surface area (Å²) in [4.78, 5) is 22.3. The van der Waals surface area contributed by atoms with Crippen molar-refractivity contribution in [2.45, 2.75) is 31.7 Å². The molecule has 1 saturated carbocycles. The molecule has 0 aromatic heterocycles. The second kappa shape index (κ2) is 9.62. The Labute approximate surface area is 192 Å². The topological polar surface area (TPSA) is 81.2 Å². The van der Waals surface area contributed by atoms with Gasteiger partial charge in [0.05, 0.1) is 13.2 Å². The number of carbonyl (C=O) groups is 1. The van der Waals surface area contributed by atoms with Gasteiger partial charge in [-0.3, -0.25) is 4.79 Å². The number of alkyl halides is 3. The van der Waals surface area contributed by atoms with Gasteiger partial charge in [0.25, 0.3) is 5.91 Å². The number of hydrogen-bond donors (Lipinski definition) is 2. The zero-order valence-electron chi connectivity index (χ0n) is 18.0. The van der Waals surface area contributed by atoms with Crippen LogP contribution in [-0.4, -0.2) is 25.2 Å². The number of amides is 1. The van der Waals surface area contributed by atoms with Gasteiger partial charge in [0.1, 0.15) is 11.6 Å². The highest BCUT2D eigenvalue weighted by atomic mass is 19.4. The number of ether oxygens (including phenoxy) is 2. The van der Waals surface area contributed by atoms with E-state index in [1.54, 1.807) is 19.2 Å². The van der Waals surface area contributed by atoms with E-state index in [2.05, 4.69) is 20.5 Å². The van der Waals surface area contributed by atoms with Crippen molar-refractivity contribution in [2.75, 3.05) is 7.11 Å². The first-order valence-electron chi connectivity index (χ1n) is 10.4. The highest BCUT2D eigenvalue weighted by molar-refractivity contribution is 5.97. The monoisotopic (exact) mass is 479 g/mol. The molecule has 0 unspecified atom stereocenters. The Morgan fingerprint density at radius 2 is 1.97 bits per heavy atom. The number of aliphatic imine (C=N–C) groups is 1. The highest BCUT2D eigenvalue weighted by Crippen LogP contribution is 2.42. The number of hydrogen-bond acceptors (Lipinski definition) is 6. The minimum atomic E-state index is -5.00. The summed E-state index contributed by atoms with van der Waals surface area (Å²) in [7, 11) is 1.57. The van der Waals surface area contributed by atoms with Crippen molar-refractivity contribution < 1.29 is 36.7 Å². The van der Waals surface area contributed by atoms with Gasteiger partial charge in [-0.25, -0.2) is 14.9 Å². The molecule has 7 nitrogen and oxygen atoms in total. The molecule has 0 radical (unpaired) electrons. The lowest BCUT2D eigenvalue weighted by atomic mass is 10.0. The van der Waals surface area contributed by atoms with Gasteiger partial charge in [-0.1, -0.05) is 18.2 Å². The highest BCUT2D eigenvalue weighted by Gasteiger charge is 2.36. The maximum atomic E-state index is 14.2. The molecular formula is C23H21F4N3O4. The number of rotatable bonds is 8. The number of methoxy groups -OCH3 is 1. The fourth-order valence-electron chi connectivity index (χ4n) is 3.50. The minimum absolute atomic E-state index is 0.00501. The first-order valence-corrected chi connectivity index (χ1v) is 10.4. The SMILES string of the molecule is COc1ccc(CC2=NC(C(=O)N[C@@H](c3ccc(OC(F)(F)F)c(F)c3)C3CC3)=CON2)cc1. The van der Waals surface area contributed by atoms with Crippen molar-refractivity contribution in [3.63, 3.8) is 0 Å². The number of amidine groups is 1. The van der Waals surface area contributed by atoms with E-state index in [0.717, 1.165) is 36.8 Å². The predicted molar refractivity (Wildman–Crippen MR) is 113 cm³/mol. The van der Waals surface area contributed by atoms with Crippen molar-refractivity contribution >= 4 is 11.7 Å². The maximum Gasteiger partial charge on any atom is 0.573 e. The molecule has 2 aromatic rings. The molecule has 2 N–H and O–H groups in total. The Hall–Kier alpha value is -3.76. The summed E-state index contributed by atoms with van der Waals surface area (Å²) in [6.45, 7) is 0. The smallest absolute Gasteiger partial charge is 0.497 e. The van der Waals surface area contributed by atoms with E-state index in [1.807, 2.05) is 12.1 Å². The normalized spacial score (nSPS) is 16.4. The molecule has 2 aromatic carbocycles. The Morgan fingerprint density at radius 1 is 1.24 bits per heavy atom. The van der Waals surface area contributed by atoms with Gasteiger partial charge in [-0.15, -0.1) is 13.2 Å². The van der Waals surface area contributed by atoms with Gasteiger partial charge in [0, 0.05) is 6.42 Å². The quantitative estimate of drug-likeness (QED) is 0.552. The molecule has 0 saturated heterocycles. The van der Waals surface area contributed by atoms with Gasteiger partial charge in [0.15, 0.2) is 23.5 Å². The lowest BCUT2D eigenvalue weighted by molar-refractivity contribution is -0.275. The van der Waals surface area contributed by atoms with E-state index in [9.17, 15) is 22.4 Å². The van der Waals surface area contributed by atoms with Crippen LogP contribution in [0.5, 0.6) is 11.5 Å². The molecule has 1 aliphatic heterocycles. The Kier molecular flexibility index (Phi) is 6.62. The summed E-state index contributed by atoms with van der Waals surface area (Å²) in [5.41, 5.74) is 3.89. The van der Waals surface area contributed by atoms with Crippen molar-refractivity contribution in [2.24, 2.45) is 10.9 Å². The molecular weight excluding hydrogens is 458 g/mol. The fraction of sp³-hybridized carbons (Fsp3) is 0.304. The van der Waals surface area contributed by atoms with Crippen LogP contribution < -0.4 is 20.3 Å². The van der Waals surface area contributed by atoms with E-state index in [4.69, 9.17) is 9.57 Å². The van der Waals surface area contributed by atoms with Crippen LogP contribution in [0, 0.1) is 11.7 Å². The van der Waals surface area contributed by atoms with Crippen LogP contribution in [0.2, 0.25) is 0 Å². The molecule has 0 bridgehead atoms. The number of nitrogens with zero attached hydrogens (tertiary/aromatic N) is 1. The second-order valence-corrected chi connectivity index (χ2v) is 7.83. The van der Waals surface area contributed by atoms with Crippen molar-refractivity contribution in [1.82, 2.24) is 10.8 Å². The van der Waals surface area contributed by atoms with Crippen molar-refractivity contribution in [3.05, 3.63) is 71.4 Å². The third-order valence-corrected chi connectivity index (χ3v) is 5.29. The molecule has 11 heteroatoms. The fourth-order valence-corrected chi connectivity index (χ4v) is 3.50. The van der Waals surface area contributed by atoms with Crippen LogP contribution in [0.3, 0.4) is 0 Å². The third kappa shape index (κ3) is 5.97. The lowest BCUT2D eigenvalue weighted by Crippen LogP contribution is -2.34. The molecule has 0 spiro atoms.